The van der Waals surface area contributed by atoms with Crippen LogP contribution in [-0.4, -0.2) is 26.2 Å². The molecule has 136 valence electrons. The zero-order valence-corrected chi connectivity index (χ0v) is 15.6. The van der Waals surface area contributed by atoms with Gasteiger partial charge in [-0.25, -0.2) is 0 Å². The smallest absolute Gasteiger partial charge is 0.324 e. The predicted molar refractivity (Wildman–Crippen MR) is 98.8 cm³/mol. The second-order valence-corrected chi connectivity index (χ2v) is 6.83. The van der Waals surface area contributed by atoms with Gasteiger partial charge < -0.3 is 9.47 Å². The number of esters is 2. The molecule has 1 saturated carbocycles. The van der Waals surface area contributed by atoms with E-state index in [1.54, 1.807) is 0 Å². The van der Waals surface area contributed by atoms with Gasteiger partial charge in [0.1, 0.15) is 0 Å². The molecule has 1 aliphatic rings. The lowest BCUT2D eigenvalue weighted by Gasteiger charge is -2.21. The highest BCUT2D eigenvalue weighted by Gasteiger charge is 2.86. The van der Waals surface area contributed by atoms with Crippen molar-refractivity contribution in [2.75, 3.05) is 14.2 Å². The van der Waals surface area contributed by atoms with Crippen LogP contribution >= 0.6 is 0 Å². The maximum Gasteiger partial charge on any atom is 0.324 e. The van der Waals surface area contributed by atoms with E-state index >= 15 is 0 Å². The van der Waals surface area contributed by atoms with Gasteiger partial charge in [0.15, 0.2) is 5.41 Å². The Hall–Kier alpha value is -2.62. The molecule has 0 aliphatic heterocycles. The van der Waals surface area contributed by atoms with E-state index in [1.165, 1.54) is 14.2 Å². The molecule has 1 aliphatic carbocycles. The summed E-state index contributed by atoms with van der Waals surface area (Å²) in [5.41, 5.74) is 0.948. The van der Waals surface area contributed by atoms with Gasteiger partial charge in [0.2, 0.25) is 0 Å². The normalized spacial score (nSPS) is 23.2. The highest BCUT2D eigenvalue weighted by atomic mass is 16.5. The molecule has 4 heteroatoms. The Morgan fingerprint density at radius 3 is 1.92 bits per heavy atom. The lowest BCUT2D eigenvalue weighted by molar-refractivity contribution is -0.162. The molecule has 0 saturated heterocycles. The van der Waals surface area contributed by atoms with Crippen molar-refractivity contribution in [2.24, 2.45) is 5.41 Å². The average molecular weight is 352 g/mol. The van der Waals surface area contributed by atoms with E-state index in [2.05, 4.69) is 0 Å². The molecule has 0 aromatic heterocycles. The van der Waals surface area contributed by atoms with Gasteiger partial charge in [-0.15, -0.1) is 0 Å². The summed E-state index contributed by atoms with van der Waals surface area (Å²) >= 11 is 0. The molecule has 0 bridgehead atoms. The molecule has 2 atom stereocenters. The first-order chi connectivity index (χ1) is 12.5. The molecule has 2 aromatic rings. The zero-order valence-electron chi connectivity index (χ0n) is 15.6. The number of carbonyl (C=O) groups excluding carboxylic acids is 2. The first-order valence-electron chi connectivity index (χ1n) is 8.79. The van der Waals surface area contributed by atoms with Gasteiger partial charge >= 0.3 is 11.9 Å². The van der Waals surface area contributed by atoms with Crippen LogP contribution < -0.4 is 0 Å². The summed E-state index contributed by atoms with van der Waals surface area (Å²) in [5, 5.41) is 0. The fraction of sp³-hybridized carbons (Fsp3) is 0.364. The highest BCUT2D eigenvalue weighted by molar-refractivity contribution is 6.09. The minimum Gasteiger partial charge on any atom is -0.468 e. The van der Waals surface area contributed by atoms with E-state index in [0.717, 1.165) is 16.7 Å². The van der Waals surface area contributed by atoms with Crippen molar-refractivity contribution in [1.29, 1.82) is 0 Å². The summed E-state index contributed by atoms with van der Waals surface area (Å²) in [5.74, 6) is -1.41. The topological polar surface area (TPSA) is 52.6 Å². The van der Waals surface area contributed by atoms with E-state index in [9.17, 15) is 9.59 Å². The number of benzene rings is 2. The molecule has 0 radical (unpaired) electrons. The van der Waals surface area contributed by atoms with Crippen LogP contribution in [0.15, 0.2) is 54.6 Å². The molecule has 2 aromatic carbocycles. The van der Waals surface area contributed by atoms with Crippen molar-refractivity contribution in [3.8, 4) is 0 Å². The van der Waals surface area contributed by atoms with Crippen LogP contribution in [0.1, 0.15) is 36.0 Å². The maximum absolute atomic E-state index is 13.0. The molecule has 0 amide bonds. The van der Waals surface area contributed by atoms with Crippen LogP contribution in [0, 0.1) is 12.3 Å². The first kappa shape index (κ1) is 18.2. The zero-order chi connectivity index (χ0) is 18.9. The molecule has 3 rings (SSSR count). The Balaban J connectivity index is 2.29. The third-order valence-corrected chi connectivity index (χ3v) is 5.82. The van der Waals surface area contributed by atoms with Crippen molar-refractivity contribution >= 4 is 11.9 Å². The second kappa shape index (κ2) is 6.60. The van der Waals surface area contributed by atoms with E-state index in [1.807, 2.05) is 68.4 Å². The fourth-order valence-corrected chi connectivity index (χ4v) is 4.65. The van der Waals surface area contributed by atoms with Gasteiger partial charge in [0.05, 0.1) is 14.2 Å². The average Bonchev–Trinajstić information content (AvgIpc) is 3.33. The molecular formula is C22H24O4. The first-order valence-corrected chi connectivity index (χ1v) is 8.79. The SMILES string of the molecule is CCC1(c2ccc(C)cc2)C(c2ccccc2)C1(C(=O)OC)C(=O)OC. The largest absolute Gasteiger partial charge is 0.468 e. The molecule has 2 unspecified atom stereocenters. The highest BCUT2D eigenvalue weighted by Crippen LogP contribution is 2.77. The number of rotatable bonds is 5. The third-order valence-electron chi connectivity index (χ3n) is 5.82. The molecule has 0 spiro atoms. The van der Waals surface area contributed by atoms with Crippen molar-refractivity contribution in [2.45, 2.75) is 31.6 Å². The van der Waals surface area contributed by atoms with Crippen molar-refractivity contribution in [3.63, 3.8) is 0 Å². The summed E-state index contributed by atoms with van der Waals surface area (Å²) in [4.78, 5) is 25.9. The van der Waals surface area contributed by atoms with Crippen molar-refractivity contribution < 1.29 is 19.1 Å². The number of aryl methyl sites for hydroxylation is 1. The van der Waals surface area contributed by atoms with E-state index in [0.29, 0.717) is 6.42 Å². The van der Waals surface area contributed by atoms with Crippen LogP contribution in [0.5, 0.6) is 0 Å². The Kier molecular flexibility index (Phi) is 4.61. The van der Waals surface area contributed by atoms with Crippen LogP contribution in [0.2, 0.25) is 0 Å². The van der Waals surface area contributed by atoms with Gasteiger partial charge in [0, 0.05) is 11.3 Å². The summed E-state index contributed by atoms with van der Waals surface area (Å²) in [6, 6.07) is 17.7. The maximum atomic E-state index is 13.0. The minimum absolute atomic E-state index is 0.330. The summed E-state index contributed by atoms with van der Waals surface area (Å²) in [6.07, 6.45) is 0.611. The van der Waals surface area contributed by atoms with Crippen molar-refractivity contribution in [1.82, 2.24) is 0 Å². The van der Waals surface area contributed by atoms with Gasteiger partial charge in [-0.05, 0) is 24.5 Å². The summed E-state index contributed by atoms with van der Waals surface area (Å²) in [7, 11) is 2.64. The van der Waals surface area contributed by atoms with Crippen LogP contribution in [0.4, 0.5) is 0 Å². The van der Waals surface area contributed by atoms with Crippen molar-refractivity contribution in [3.05, 3.63) is 71.3 Å². The second-order valence-electron chi connectivity index (χ2n) is 6.83. The summed E-state index contributed by atoms with van der Waals surface area (Å²) < 4.78 is 10.2. The number of hydrogen-bond donors (Lipinski definition) is 0. The molecule has 4 nitrogen and oxygen atoms in total. The Morgan fingerprint density at radius 1 is 0.923 bits per heavy atom. The lowest BCUT2D eigenvalue weighted by Crippen LogP contribution is -2.36. The van der Waals surface area contributed by atoms with Crippen LogP contribution in [-0.2, 0) is 24.5 Å². The monoisotopic (exact) mass is 352 g/mol. The van der Waals surface area contributed by atoms with Gasteiger partial charge in [-0.3, -0.25) is 9.59 Å². The van der Waals surface area contributed by atoms with Gasteiger partial charge in [-0.2, -0.15) is 0 Å². The quantitative estimate of drug-likeness (QED) is 0.607. The fourth-order valence-electron chi connectivity index (χ4n) is 4.65. The number of methoxy groups -OCH3 is 2. The molecular weight excluding hydrogens is 328 g/mol. The van der Waals surface area contributed by atoms with E-state index in [4.69, 9.17) is 9.47 Å². The lowest BCUT2D eigenvalue weighted by atomic mass is 9.83. The van der Waals surface area contributed by atoms with Gasteiger partial charge in [0.25, 0.3) is 0 Å². The molecule has 1 fully saturated rings. The number of ether oxygens (including phenoxy) is 2. The van der Waals surface area contributed by atoms with E-state index < -0.39 is 22.8 Å². The van der Waals surface area contributed by atoms with E-state index in [-0.39, 0.29) is 5.92 Å². The molecule has 26 heavy (non-hydrogen) atoms. The van der Waals surface area contributed by atoms with Gasteiger partial charge in [-0.1, -0.05) is 67.1 Å². The number of carbonyl (C=O) groups is 2. The predicted octanol–water partition coefficient (Wildman–Crippen LogP) is 3.77. The Labute approximate surface area is 154 Å². The summed E-state index contributed by atoms with van der Waals surface area (Å²) in [6.45, 7) is 4.02. The van der Waals surface area contributed by atoms with Crippen LogP contribution in [0.25, 0.3) is 0 Å². The standard InChI is InChI=1S/C22H24O4/c1-5-21(17-13-11-15(2)12-14-17)18(16-9-7-6-8-10-16)22(21,19(23)25-3)20(24)26-4/h6-14,18H,5H2,1-4H3. The Morgan fingerprint density at radius 2 is 1.46 bits per heavy atom. The molecule has 0 N–H and O–H groups in total. The number of hydrogen-bond acceptors (Lipinski definition) is 4. The minimum atomic E-state index is -1.37. The molecule has 0 heterocycles. The Bertz CT molecular complexity index is 794. The van der Waals surface area contributed by atoms with Crippen LogP contribution in [0.3, 0.4) is 0 Å². The third kappa shape index (κ3) is 2.21.